The number of rotatable bonds is 7. The van der Waals surface area contributed by atoms with Crippen LogP contribution in [0, 0.1) is 13.8 Å². The molecule has 0 unspecified atom stereocenters. The summed E-state index contributed by atoms with van der Waals surface area (Å²) in [7, 11) is 0. The van der Waals surface area contributed by atoms with Crippen LogP contribution in [0.1, 0.15) is 24.0 Å². The molecule has 0 atom stereocenters. The Morgan fingerprint density at radius 3 is 2.38 bits per heavy atom. The molecule has 0 bridgehead atoms. The average molecular weight is 390 g/mol. The first kappa shape index (κ1) is 19.6. The first-order valence-electron chi connectivity index (χ1n) is 10.7. The molecule has 1 aromatic heterocycles. The van der Waals surface area contributed by atoms with Crippen LogP contribution in [0.3, 0.4) is 0 Å². The molecule has 1 aliphatic heterocycles. The number of unbranched alkanes of at least 4 members (excludes halogenated alkanes) is 1. The second-order valence-electron chi connectivity index (χ2n) is 8.03. The molecule has 0 aliphatic carbocycles. The average Bonchev–Trinajstić information content (AvgIpc) is 3.21. The fourth-order valence-electron chi connectivity index (χ4n) is 4.22. The van der Waals surface area contributed by atoms with Gasteiger partial charge in [-0.25, -0.2) is 4.68 Å². The highest BCUT2D eigenvalue weighted by Crippen LogP contribution is 2.22. The van der Waals surface area contributed by atoms with Crippen LogP contribution >= 0.6 is 0 Å². The number of nitrogens with zero attached hydrogens (tertiary/aromatic N) is 5. The van der Waals surface area contributed by atoms with Gasteiger partial charge in [0.2, 0.25) is 0 Å². The van der Waals surface area contributed by atoms with Crippen molar-refractivity contribution in [3.8, 4) is 11.3 Å². The van der Waals surface area contributed by atoms with Crippen molar-refractivity contribution >= 4 is 5.69 Å². The van der Waals surface area contributed by atoms with Gasteiger partial charge in [0.25, 0.3) is 0 Å². The Morgan fingerprint density at radius 1 is 0.862 bits per heavy atom. The molecule has 0 spiro atoms. The molecule has 1 aliphatic rings. The van der Waals surface area contributed by atoms with E-state index in [2.05, 4.69) is 76.4 Å². The Morgan fingerprint density at radius 2 is 1.62 bits per heavy atom. The summed E-state index contributed by atoms with van der Waals surface area (Å²) in [6.07, 6.45) is 4.18. The summed E-state index contributed by atoms with van der Waals surface area (Å²) in [4.78, 5) is 5.13. The van der Waals surface area contributed by atoms with Crippen LogP contribution in [0.2, 0.25) is 0 Å². The molecule has 0 radical (unpaired) electrons. The van der Waals surface area contributed by atoms with E-state index < -0.39 is 0 Å². The number of anilines is 1. The molecule has 152 valence electrons. The van der Waals surface area contributed by atoms with Gasteiger partial charge in [0.1, 0.15) is 0 Å². The minimum Gasteiger partial charge on any atom is -0.369 e. The molecule has 5 heteroatoms. The molecule has 0 N–H and O–H groups in total. The molecular weight excluding hydrogens is 358 g/mol. The van der Waals surface area contributed by atoms with Gasteiger partial charge in [-0.3, -0.25) is 4.90 Å². The monoisotopic (exact) mass is 389 g/mol. The van der Waals surface area contributed by atoms with E-state index in [-0.39, 0.29) is 0 Å². The topological polar surface area (TPSA) is 37.2 Å². The molecule has 3 aromatic rings. The number of piperazine rings is 1. The van der Waals surface area contributed by atoms with Gasteiger partial charge in [0, 0.05) is 44.0 Å². The maximum Gasteiger partial charge on any atom is 0.0885 e. The van der Waals surface area contributed by atoms with E-state index in [1.54, 1.807) is 0 Å². The standard InChI is InChI=1S/C24H31N5/c1-20-10-11-23(21(2)18-20)28-16-14-27(15-17-28)12-6-7-13-29-24(19-25-26-29)22-8-4-3-5-9-22/h3-5,8-11,18-19H,6-7,12-17H2,1-2H3. The summed E-state index contributed by atoms with van der Waals surface area (Å²) in [6, 6.07) is 17.2. The first-order chi connectivity index (χ1) is 14.2. The zero-order valence-corrected chi connectivity index (χ0v) is 17.6. The second-order valence-corrected chi connectivity index (χ2v) is 8.03. The van der Waals surface area contributed by atoms with Crippen LogP contribution in [0.15, 0.2) is 54.7 Å². The third-order valence-electron chi connectivity index (χ3n) is 5.85. The summed E-state index contributed by atoms with van der Waals surface area (Å²) in [5, 5.41) is 8.39. The van der Waals surface area contributed by atoms with Gasteiger partial charge >= 0.3 is 0 Å². The lowest BCUT2D eigenvalue weighted by Gasteiger charge is -2.37. The number of aryl methyl sites for hydroxylation is 3. The smallest absolute Gasteiger partial charge is 0.0885 e. The SMILES string of the molecule is Cc1ccc(N2CCN(CCCCn3nncc3-c3ccccc3)CC2)c(C)c1. The summed E-state index contributed by atoms with van der Waals surface area (Å²) < 4.78 is 2.04. The molecule has 2 aromatic carbocycles. The fraction of sp³-hybridized carbons (Fsp3) is 0.417. The number of benzene rings is 2. The normalized spacial score (nSPS) is 15.0. The summed E-state index contributed by atoms with van der Waals surface area (Å²) in [5.74, 6) is 0. The quantitative estimate of drug-likeness (QED) is 0.569. The van der Waals surface area contributed by atoms with Crippen molar-refractivity contribution in [1.29, 1.82) is 0 Å². The highest BCUT2D eigenvalue weighted by atomic mass is 15.4. The minimum absolute atomic E-state index is 0.923. The van der Waals surface area contributed by atoms with Crippen LogP contribution in [0.25, 0.3) is 11.3 Å². The molecular formula is C24H31N5. The van der Waals surface area contributed by atoms with Crippen LogP contribution in [0.5, 0.6) is 0 Å². The zero-order valence-electron chi connectivity index (χ0n) is 17.6. The summed E-state index contributed by atoms with van der Waals surface area (Å²) in [5.41, 5.74) is 6.41. The number of hydrogen-bond donors (Lipinski definition) is 0. The van der Waals surface area contributed by atoms with Crippen molar-refractivity contribution in [2.24, 2.45) is 0 Å². The number of aromatic nitrogens is 3. The number of hydrogen-bond acceptors (Lipinski definition) is 4. The van der Waals surface area contributed by atoms with Gasteiger partial charge in [-0.2, -0.15) is 0 Å². The summed E-state index contributed by atoms with van der Waals surface area (Å²) >= 11 is 0. The summed E-state index contributed by atoms with van der Waals surface area (Å²) in [6.45, 7) is 11.0. The van der Waals surface area contributed by atoms with E-state index in [4.69, 9.17) is 0 Å². The van der Waals surface area contributed by atoms with Crippen LogP contribution in [0.4, 0.5) is 5.69 Å². The predicted octanol–water partition coefficient (Wildman–Crippen LogP) is 4.16. The van der Waals surface area contributed by atoms with E-state index >= 15 is 0 Å². The van der Waals surface area contributed by atoms with Gasteiger partial charge < -0.3 is 4.90 Å². The molecule has 1 saturated heterocycles. The molecule has 0 amide bonds. The molecule has 1 fully saturated rings. The Hall–Kier alpha value is -2.66. The molecule has 0 saturated carbocycles. The molecule has 29 heavy (non-hydrogen) atoms. The zero-order chi connectivity index (χ0) is 20.1. The Kier molecular flexibility index (Phi) is 6.25. The van der Waals surface area contributed by atoms with Gasteiger partial charge in [-0.05, 0) is 44.9 Å². The van der Waals surface area contributed by atoms with Gasteiger partial charge in [0.15, 0.2) is 0 Å². The maximum atomic E-state index is 4.28. The Balaban J connectivity index is 1.22. The van der Waals surface area contributed by atoms with Gasteiger partial charge in [-0.15, -0.1) is 5.10 Å². The van der Waals surface area contributed by atoms with Crippen LogP contribution < -0.4 is 4.90 Å². The first-order valence-corrected chi connectivity index (χ1v) is 10.7. The van der Waals surface area contributed by atoms with E-state index in [0.29, 0.717) is 0 Å². The van der Waals surface area contributed by atoms with Crippen molar-refractivity contribution in [2.45, 2.75) is 33.2 Å². The highest BCUT2D eigenvalue weighted by molar-refractivity contribution is 5.57. The third kappa shape index (κ3) is 4.85. The lowest BCUT2D eigenvalue weighted by molar-refractivity contribution is 0.250. The van der Waals surface area contributed by atoms with Crippen LogP contribution in [-0.4, -0.2) is 52.6 Å². The van der Waals surface area contributed by atoms with Crippen LogP contribution in [-0.2, 0) is 6.54 Å². The highest BCUT2D eigenvalue weighted by Gasteiger charge is 2.18. The third-order valence-corrected chi connectivity index (χ3v) is 5.85. The van der Waals surface area contributed by atoms with Crippen molar-refractivity contribution in [2.75, 3.05) is 37.6 Å². The van der Waals surface area contributed by atoms with Gasteiger partial charge in [-0.1, -0.05) is 53.2 Å². The van der Waals surface area contributed by atoms with E-state index in [1.165, 1.54) is 28.8 Å². The van der Waals surface area contributed by atoms with Crippen molar-refractivity contribution in [1.82, 2.24) is 19.9 Å². The van der Waals surface area contributed by atoms with E-state index in [9.17, 15) is 0 Å². The fourth-order valence-corrected chi connectivity index (χ4v) is 4.22. The maximum absolute atomic E-state index is 4.28. The van der Waals surface area contributed by atoms with Crippen molar-refractivity contribution in [3.63, 3.8) is 0 Å². The lowest BCUT2D eigenvalue weighted by atomic mass is 10.1. The largest absolute Gasteiger partial charge is 0.369 e. The Bertz CT molecular complexity index is 910. The Labute approximate surface area is 174 Å². The van der Waals surface area contributed by atoms with E-state index in [1.807, 2.05) is 16.9 Å². The van der Waals surface area contributed by atoms with Gasteiger partial charge in [0.05, 0.1) is 11.9 Å². The van der Waals surface area contributed by atoms with E-state index in [0.717, 1.165) is 51.4 Å². The van der Waals surface area contributed by atoms with Crippen molar-refractivity contribution in [3.05, 3.63) is 65.9 Å². The molecule has 2 heterocycles. The second kappa shape index (κ2) is 9.23. The minimum atomic E-state index is 0.923. The predicted molar refractivity (Wildman–Crippen MR) is 119 cm³/mol. The molecule has 4 rings (SSSR count). The lowest BCUT2D eigenvalue weighted by Crippen LogP contribution is -2.46. The molecule has 5 nitrogen and oxygen atoms in total. The van der Waals surface area contributed by atoms with Crippen molar-refractivity contribution < 1.29 is 0 Å².